The van der Waals surface area contributed by atoms with E-state index < -0.39 is 12.0 Å². The third-order valence-corrected chi connectivity index (χ3v) is 9.05. The van der Waals surface area contributed by atoms with E-state index in [1.165, 1.54) is 11.3 Å². The maximum atomic E-state index is 13.9. The summed E-state index contributed by atoms with van der Waals surface area (Å²) in [5.74, 6) is 0.202. The van der Waals surface area contributed by atoms with Gasteiger partial charge >= 0.3 is 5.97 Å². The average Bonchev–Trinajstić information content (AvgIpc) is 3.27. The Morgan fingerprint density at radius 2 is 1.79 bits per heavy atom. The molecule has 42 heavy (non-hydrogen) atoms. The molecule has 0 amide bonds. The summed E-state index contributed by atoms with van der Waals surface area (Å²) in [5, 5.41) is 0.977. The van der Waals surface area contributed by atoms with Gasteiger partial charge in [0.1, 0.15) is 12.4 Å². The molecule has 1 atom stereocenters. The van der Waals surface area contributed by atoms with Gasteiger partial charge in [0.05, 0.1) is 38.0 Å². The van der Waals surface area contributed by atoms with Crippen LogP contribution in [-0.4, -0.2) is 22.9 Å². The highest BCUT2D eigenvalue weighted by Gasteiger charge is 2.33. The summed E-state index contributed by atoms with van der Waals surface area (Å²) in [7, 11) is 0. The molecule has 10 heteroatoms. The van der Waals surface area contributed by atoms with E-state index in [4.69, 9.17) is 32.7 Å². The Kier molecular flexibility index (Phi) is 9.28. The molecule has 0 radical (unpaired) electrons. The van der Waals surface area contributed by atoms with Gasteiger partial charge in [0.15, 0.2) is 4.80 Å². The first-order valence-corrected chi connectivity index (χ1v) is 16.0. The Hall–Kier alpha value is -3.30. The number of thiazole rings is 1. The molecule has 0 aliphatic carbocycles. The van der Waals surface area contributed by atoms with Crippen LogP contribution < -0.4 is 19.6 Å². The summed E-state index contributed by atoms with van der Waals surface area (Å²) < 4.78 is 13.6. The molecule has 5 rings (SSSR count). The zero-order chi connectivity index (χ0) is 30.0. The van der Waals surface area contributed by atoms with Crippen LogP contribution in [-0.2, 0) is 16.1 Å². The first-order valence-electron chi connectivity index (χ1n) is 13.2. The number of allylic oxidation sites excluding steroid dienone is 1. The van der Waals surface area contributed by atoms with Gasteiger partial charge in [-0.2, -0.15) is 0 Å². The van der Waals surface area contributed by atoms with Crippen LogP contribution in [0.1, 0.15) is 43.5 Å². The molecule has 0 bridgehead atoms. The molecule has 216 valence electrons. The number of rotatable bonds is 8. The molecule has 0 N–H and O–H groups in total. The van der Waals surface area contributed by atoms with Gasteiger partial charge in [-0.3, -0.25) is 9.36 Å². The molecule has 3 aromatic carbocycles. The Morgan fingerprint density at radius 1 is 1.07 bits per heavy atom. The number of aromatic nitrogens is 1. The Labute approximate surface area is 261 Å². The number of fused-ring (bicyclic) bond motifs is 1. The van der Waals surface area contributed by atoms with Crippen molar-refractivity contribution in [3.8, 4) is 5.75 Å². The SMILES string of the molecule is CSc1ccc([C@@H]2C(C(=O)OC(C)C)=C(C)N=c3s/c(=C/c4ccc(OCc5ccc(Cl)c(Cl)c5)cc4)c(=O)n32)cc1. The van der Waals surface area contributed by atoms with E-state index in [1.807, 2.05) is 66.9 Å². The molecule has 0 fully saturated rings. The van der Waals surface area contributed by atoms with Gasteiger partial charge in [0.2, 0.25) is 0 Å². The first kappa shape index (κ1) is 30.2. The van der Waals surface area contributed by atoms with Crippen molar-refractivity contribution in [2.45, 2.75) is 44.4 Å². The van der Waals surface area contributed by atoms with Crippen LogP contribution in [0.5, 0.6) is 5.75 Å². The largest absolute Gasteiger partial charge is 0.489 e. The highest BCUT2D eigenvalue weighted by molar-refractivity contribution is 7.98. The summed E-state index contributed by atoms with van der Waals surface area (Å²) >= 11 is 15.0. The monoisotopic (exact) mass is 638 g/mol. The predicted octanol–water partition coefficient (Wildman–Crippen LogP) is 6.79. The summed E-state index contributed by atoms with van der Waals surface area (Å²) in [6.45, 7) is 5.73. The average molecular weight is 640 g/mol. The fourth-order valence-corrected chi connectivity index (χ4v) is 6.35. The van der Waals surface area contributed by atoms with Gasteiger partial charge in [-0.15, -0.1) is 11.8 Å². The highest BCUT2D eigenvalue weighted by atomic mass is 35.5. The van der Waals surface area contributed by atoms with Crippen LogP contribution >= 0.6 is 46.3 Å². The molecular formula is C32H28Cl2N2O4S2. The van der Waals surface area contributed by atoms with Gasteiger partial charge in [-0.25, -0.2) is 9.79 Å². The minimum atomic E-state index is -0.650. The molecule has 6 nitrogen and oxygen atoms in total. The lowest BCUT2D eigenvalue weighted by molar-refractivity contribution is -0.143. The number of carbonyl (C=O) groups excluding carboxylic acids is 1. The smallest absolute Gasteiger partial charge is 0.338 e. The second kappa shape index (κ2) is 12.9. The van der Waals surface area contributed by atoms with E-state index in [1.54, 1.807) is 49.2 Å². The van der Waals surface area contributed by atoms with Crippen LogP contribution in [0.3, 0.4) is 0 Å². The van der Waals surface area contributed by atoms with E-state index in [0.29, 0.717) is 43.0 Å². The minimum absolute atomic E-state index is 0.222. The molecule has 1 aliphatic rings. The van der Waals surface area contributed by atoms with Crippen LogP contribution in [0.4, 0.5) is 0 Å². The van der Waals surface area contributed by atoms with Crippen LogP contribution in [0.25, 0.3) is 6.08 Å². The first-order chi connectivity index (χ1) is 20.1. The molecule has 1 aromatic heterocycles. The van der Waals surface area contributed by atoms with Gasteiger partial charge < -0.3 is 9.47 Å². The van der Waals surface area contributed by atoms with Crippen molar-refractivity contribution in [3.05, 3.63) is 124 Å². The van der Waals surface area contributed by atoms with Crippen molar-refractivity contribution in [2.75, 3.05) is 6.26 Å². The van der Waals surface area contributed by atoms with E-state index in [9.17, 15) is 9.59 Å². The standard InChI is InChI=1S/C32H28Cl2N2O4S2/c1-18(2)40-31(38)28-19(3)35-32-36(29(28)22-8-12-24(41-4)13-9-22)30(37)27(42-32)16-20-5-10-23(11-6-20)39-17-21-7-14-25(33)26(34)15-21/h5-16,18,29H,17H2,1-4H3/b27-16+/t29-/m1/s1. The maximum absolute atomic E-state index is 13.9. The number of carbonyl (C=O) groups is 1. The number of nitrogens with zero attached hydrogens (tertiary/aromatic N) is 2. The number of thioether (sulfide) groups is 1. The van der Waals surface area contributed by atoms with E-state index in [-0.39, 0.29) is 11.7 Å². The summed E-state index contributed by atoms with van der Waals surface area (Å²) in [5.41, 5.74) is 3.23. The molecule has 0 saturated heterocycles. The van der Waals surface area contributed by atoms with Crippen molar-refractivity contribution in [3.63, 3.8) is 0 Å². The zero-order valence-electron chi connectivity index (χ0n) is 23.4. The molecule has 0 saturated carbocycles. The number of hydrogen-bond donors (Lipinski definition) is 0. The lowest BCUT2D eigenvalue weighted by atomic mass is 9.96. The van der Waals surface area contributed by atoms with Gasteiger partial charge in [-0.05, 0) is 86.2 Å². The predicted molar refractivity (Wildman–Crippen MR) is 170 cm³/mol. The van der Waals surface area contributed by atoms with Crippen molar-refractivity contribution in [1.29, 1.82) is 0 Å². The van der Waals surface area contributed by atoms with Gasteiger partial charge in [0.25, 0.3) is 5.56 Å². The maximum Gasteiger partial charge on any atom is 0.338 e. The lowest BCUT2D eigenvalue weighted by Crippen LogP contribution is -2.40. The Morgan fingerprint density at radius 3 is 2.43 bits per heavy atom. The Bertz CT molecular complexity index is 1840. The van der Waals surface area contributed by atoms with E-state index >= 15 is 0 Å². The normalized spacial score (nSPS) is 15.0. The quantitative estimate of drug-likeness (QED) is 0.157. The van der Waals surface area contributed by atoms with E-state index in [2.05, 4.69) is 4.99 Å². The minimum Gasteiger partial charge on any atom is -0.489 e. The van der Waals surface area contributed by atoms with Crippen molar-refractivity contribution < 1.29 is 14.3 Å². The number of hydrogen-bond acceptors (Lipinski definition) is 7. The fourth-order valence-electron chi connectivity index (χ4n) is 4.57. The number of halogens is 2. The summed E-state index contributed by atoms with van der Waals surface area (Å²) in [6.07, 6.45) is 3.52. The van der Waals surface area contributed by atoms with Crippen LogP contribution in [0.15, 0.2) is 92.7 Å². The van der Waals surface area contributed by atoms with E-state index in [0.717, 1.165) is 21.6 Å². The topological polar surface area (TPSA) is 69.9 Å². The van der Waals surface area contributed by atoms with Crippen molar-refractivity contribution in [2.24, 2.45) is 4.99 Å². The summed E-state index contributed by atoms with van der Waals surface area (Å²) in [4.78, 5) is 33.4. The zero-order valence-corrected chi connectivity index (χ0v) is 26.5. The van der Waals surface area contributed by atoms with Crippen molar-refractivity contribution in [1.82, 2.24) is 4.57 Å². The number of benzene rings is 3. The van der Waals surface area contributed by atoms with Gasteiger partial charge in [0, 0.05) is 4.90 Å². The fraction of sp³-hybridized carbons (Fsp3) is 0.219. The van der Waals surface area contributed by atoms with Crippen LogP contribution in [0, 0.1) is 0 Å². The van der Waals surface area contributed by atoms with Crippen molar-refractivity contribution >= 4 is 58.3 Å². The lowest BCUT2D eigenvalue weighted by Gasteiger charge is -2.25. The molecule has 0 unspecified atom stereocenters. The number of ether oxygens (including phenoxy) is 2. The third-order valence-electron chi connectivity index (χ3n) is 6.58. The highest BCUT2D eigenvalue weighted by Crippen LogP contribution is 2.32. The molecule has 0 spiro atoms. The molecule has 2 heterocycles. The molecule has 1 aliphatic heterocycles. The van der Waals surface area contributed by atoms with Crippen LogP contribution in [0.2, 0.25) is 10.0 Å². The molecule has 4 aromatic rings. The Balaban J connectivity index is 1.48. The second-order valence-corrected chi connectivity index (χ2v) is 12.6. The summed E-state index contributed by atoms with van der Waals surface area (Å²) in [6, 6.07) is 20.1. The second-order valence-electron chi connectivity index (χ2n) is 9.92. The number of esters is 1. The third kappa shape index (κ3) is 6.52. The van der Waals surface area contributed by atoms with Gasteiger partial charge in [-0.1, -0.05) is 64.9 Å². The molecular weight excluding hydrogens is 611 g/mol.